The van der Waals surface area contributed by atoms with Crippen LogP contribution in [0, 0.1) is 17.5 Å². The highest BCUT2D eigenvalue weighted by atomic mass is 19.1. The molecule has 0 saturated carbocycles. The zero-order valence-corrected chi connectivity index (χ0v) is 14.6. The molecule has 1 aromatic carbocycles. The zero-order chi connectivity index (χ0) is 17.3. The Morgan fingerprint density at radius 2 is 1.39 bits per heavy atom. The van der Waals surface area contributed by atoms with Gasteiger partial charge in [-0.3, -0.25) is 0 Å². The van der Waals surface area contributed by atoms with Gasteiger partial charge in [-0.2, -0.15) is 0 Å². The highest BCUT2D eigenvalue weighted by Gasteiger charge is 2.33. The number of rotatable bonds is 11. The summed E-state index contributed by atoms with van der Waals surface area (Å²) < 4.78 is 46.9. The first-order chi connectivity index (χ1) is 10.9. The molecule has 1 aromatic rings. The predicted molar refractivity (Wildman–Crippen MR) is 87.9 cm³/mol. The Kier molecular flexibility index (Phi) is 8.67. The summed E-state index contributed by atoms with van der Waals surface area (Å²) in [6.45, 7) is 6.01. The standard InChI is InChI=1S/C19H29F3O/c1-4-6-7-8-9-10-11-12-19(3,23-5-2)18-16(21)13-15(20)14-17(18)22/h13-14H,4-12H2,1-3H3. The van der Waals surface area contributed by atoms with Crippen LogP contribution >= 0.6 is 0 Å². The number of hydrogen-bond donors (Lipinski definition) is 0. The molecule has 0 aliphatic heterocycles. The van der Waals surface area contributed by atoms with Crippen molar-refractivity contribution in [2.24, 2.45) is 0 Å². The molecule has 0 aliphatic carbocycles. The molecule has 0 amide bonds. The van der Waals surface area contributed by atoms with Crippen LogP contribution in [0.25, 0.3) is 0 Å². The maximum atomic E-state index is 14.1. The van der Waals surface area contributed by atoms with Crippen LogP contribution in [-0.2, 0) is 10.3 Å². The van der Waals surface area contributed by atoms with Gasteiger partial charge in [0.15, 0.2) is 0 Å². The fourth-order valence-corrected chi connectivity index (χ4v) is 3.05. The van der Waals surface area contributed by atoms with Crippen LogP contribution < -0.4 is 0 Å². The molecule has 0 saturated heterocycles. The van der Waals surface area contributed by atoms with Gasteiger partial charge in [-0.15, -0.1) is 0 Å². The molecule has 0 fully saturated rings. The first-order valence-corrected chi connectivity index (χ1v) is 8.73. The molecule has 0 heterocycles. The topological polar surface area (TPSA) is 9.23 Å². The molecule has 4 heteroatoms. The van der Waals surface area contributed by atoms with Crippen molar-refractivity contribution in [2.45, 2.75) is 77.7 Å². The number of halogens is 3. The molecule has 1 unspecified atom stereocenters. The minimum absolute atomic E-state index is 0.160. The van der Waals surface area contributed by atoms with E-state index in [1.807, 2.05) is 0 Å². The Balaban J connectivity index is 2.68. The molecule has 132 valence electrons. The van der Waals surface area contributed by atoms with Crippen molar-refractivity contribution < 1.29 is 17.9 Å². The van der Waals surface area contributed by atoms with Gasteiger partial charge in [-0.25, -0.2) is 13.2 Å². The number of benzene rings is 1. The van der Waals surface area contributed by atoms with Crippen LogP contribution in [0.4, 0.5) is 13.2 Å². The molecular formula is C19H29F3O. The normalized spacial score (nSPS) is 14.0. The fourth-order valence-electron chi connectivity index (χ4n) is 3.05. The van der Waals surface area contributed by atoms with Gasteiger partial charge in [0.1, 0.15) is 17.5 Å². The zero-order valence-electron chi connectivity index (χ0n) is 14.6. The molecule has 1 rings (SSSR count). The molecule has 0 aromatic heterocycles. The van der Waals surface area contributed by atoms with Crippen LogP contribution in [0.5, 0.6) is 0 Å². The fraction of sp³-hybridized carbons (Fsp3) is 0.684. The average molecular weight is 330 g/mol. The van der Waals surface area contributed by atoms with E-state index >= 15 is 0 Å². The van der Waals surface area contributed by atoms with Gasteiger partial charge in [-0.05, 0) is 20.3 Å². The van der Waals surface area contributed by atoms with Gasteiger partial charge in [0.2, 0.25) is 0 Å². The van der Waals surface area contributed by atoms with E-state index in [1.165, 1.54) is 25.7 Å². The summed E-state index contributed by atoms with van der Waals surface area (Å²) >= 11 is 0. The van der Waals surface area contributed by atoms with Crippen molar-refractivity contribution in [3.05, 3.63) is 35.1 Å². The summed E-state index contributed by atoms with van der Waals surface area (Å²) in [6, 6.07) is 1.45. The van der Waals surface area contributed by atoms with E-state index in [1.54, 1.807) is 13.8 Å². The lowest BCUT2D eigenvalue weighted by atomic mass is 9.88. The van der Waals surface area contributed by atoms with Crippen molar-refractivity contribution >= 4 is 0 Å². The lowest BCUT2D eigenvalue weighted by Gasteiger charge is -2.31. The molecular weight excluding hydrogens is 301 g/mol. The van der Waals surface area contributed by atoms with Crippen molar-refractivity contribution in [3.8, 4) is 0 Å². The van der Waals surface area contributed by atoms with Crippen molar-refractivity contribution in [2.75, 3.05) is 6.61 Å². The lowest BCUT2D eigenvalue weighted by molar-refractivity contribution is -0.0426. The van der Waals surface area contributed by atoms with Gasteiger partial charge in [-0.1, -0.05) is 51.9 Å². The monoisotopic (exact) mass is 330 g/mol. The Morgan fingerprint density at radius 3 is 1.91 bits per heavy atom. The molecule has 0 aliphatic rings. The maximum Gasteiger partial charge on any atom is 0.135 e. The SMILES string of the molecule is CCCCCCCCCC(C)(OCC)c1c(F)cc(F)cc1F. The Labute approximate surface area is 138 Å². The molecule has 0 radical (unpaired) electrons. The highest BCUT2D eigenvalue weighted by Crippen LogP contribution is 2.35. The average Bonchev–Trinajstić information content (AvgIpc) is 2.45. The summed E-state index contributed by atoms with van der Waals surface area (Å²) in [5, 5.41) is 0. The van der Waals surface area contributed by atoms with Crippen molar-refractivity contribution in [1.82, 2.24) is 0 Å². The molecule has 1 nitrogen and oxygen atoms in total. The minimum Gasteiger partial charge on any atom is -0.371 e. The predicted octanol–water partition coefficient (Wildman–Crippen LogP) is 6.50. The molecule has 23 heavy (non-hydrogen) atoms. The van der Waals surface area contributed by atoms with E-state index < -0.39 is 23.1 Å². The third-order valence-corrected chi connectivity index (χ3v) is 4.26. The largest absolute Gasteiger partial charge is 0.371 e. The van der Waals surface area contributed by atoms with Crippen LogP contribution in [0.1, 0.15) is 77.7 Å². The van der Waals surface area contributed by atoms with Crippen LogP contribution in [0.2, 0.25) is 0 Å². The van der Waals surface area contributed by atoms with Gasteiger partial charge >= 0.3 is 0 Å². The third-order valence-electron chi connectivity index (χ3n) is 4.26. The van der Waals surface area contributed by atoms with E-state index in [0.717, 1.165) is 31.4 Å². The highest BCUT2D eigenvalue weighted by molar-refractivity contribution is 5.26. The van der Waals surface area contributed by atoms with Crippen molar-refractivity contribution in [1.29, 1.82) is 0 Å². The quantitative estimate of drug-likeness (QED) is 0.421. The van der Waals surface area contributed by atoms with Crippen LogP contribution in [0.15, 0.2) is 12.1 Å². The second-order valence-corrected chi connectivity index (χ2v) is 6.28. The van der Waals surface area contributed by atoms with E-state index in [2.05, 4.69) is 6.92 Å². The summed E-state index contributed by atoms with van der Waals surface area (Å²) in [7, 11) is 0. The minimum atomic E-state index is -1.06. The van der Waals surface area contributed by atoms with Crippen molar-refractivity contribution in [3.63, 3.8) is 0 Å². The Bertz CT molecular complexity index is 453. The Hall–Kier alpha value is -1.03. The van der Waals surface area contributed by atoms with Gasteiger partial charge in [0.05, 0.1) is 11.2 Å². The first-order valence-electron chi connectivity index (χ1n) is 8.73. The van der Waals surface area contributed by atoms with Gasteiger partial charge in [0.25, 0.3) is 0 Å². The van der Waals surface area contributed by atoms with Crippen LogP contribution in [0.3, 0.4) is 0 Å². The first kappa shape index (κ1) is 20.0. The molecule has 0 spiro atoms. The molecule has 1 atom stereocenters. The second-order valence-electron chi connectivity index (χ2n) is 6.28. The maximum absolute atomic E-state index is 14.1. The smallest absolute Gasteiger partial charge is 0.135 e. The van der Waals surface area contributed by atoms with E-state index in [9.17, 15) is 13.2 Å². The van der Waals surface area contributed by atoms with Gasteiger partial charge < -0.3 is 4.74 Å². The van der Waals surface area contributed by atoms with Crippen LogP contribution in [-0.4, -0.2) is 6.61 Å². The van der Waals surface area contributed by atoms with Gasteiger partial charge in [0, 0.05) is 18.7 Å². The number of ether oxygens (including phenoxy) is 1. The third kappa shape index (κ3) is 6.17. The second kappa shape index (κ2) is 9.96. The van der Waals surface area contributed by atoms with E-state index in [4.69, 9.17) is 4.74 Å². The van der Waals surface area contributed by atoms with E-state index in [-0.39, 0.29) is 5.56 Å². The summed E-state index contributed by atoms with van der Waals surface area (Å²) in [6.07, 6.45) is 8.38. The Morgan fingerprint density at radius 1 is 0.870 bits per heavy atom. The molecule has 0 N–H and O–H groups in total. The summed E-state index contributed by atoms with van der Waals surface area (Å²) in [4.78, 5) is 0. The van der Waals surface area contributed by atoms with E-state index in [0.29, 0.717) is 13.0 Å². The lowest BCUT2D eigenvalue weighted by Crippen LogP contribution is -2.29. The summed E-state index contributed by atoms with van der Waals surface area (Å²) in [5.41, 5.74) is -1.22. The number of hydrogen-bond acceptors (Lipinski definition) is 1. The number of unbranched alkanes of at least 4 members (excludes halogenated alkanes) is 6. The molecule has 0 bridgehead atoms. The summed E-state index contributed by atoms with van der Waals surface area (Å²) in [5.74, 6) is -2.65.